The van der Waals surface area contributed by atoms with E-state index in [-0.39, 0.29) is 23.7 Å². The standard InChI is InChI=1S/C20H17ClN4O6/c21-12-1-3-14-16(9-12)22-18(23-19(14)26)11-31-20(27)15-10-13(25(28)29)2-4-17(15)24-5-7-30-8-6-24/h1-4,9-10H,5-8,11H2,(H,22,23,26). The third-order valence-electron chi connectivity index (χ3n) is 4.82. The highest BCUT2D eigenvalue weighted by Gasteiger charge is 2.23. The van der Waals surface area contributed by atoms with Crippen LogP contribution in [0.4, 0.5) is 11.4 Å². The third kappa shape index (κ3) is 4.49. The summed E-state index contributed by atoms with van der Waals surface area (Å²) in [5, 5.41) is 12.0. The lowest BCUT2D eigenvalue weighted by atomic mass is 10.1. The molecule has 1 N–H and O–H groups in total. The van der Waals surface area contributed by atoms with E-state index >= 15 is 0 Å². The van der Waals surface area contributed by atoms with Crippen molar-refractivity contribution in [3.05, 3.63) is 73.3 Å². The minimum atomic E-state index is -0.765. The van der Waals surface area contributed by atoms with Crippen molar-refractivity contribution in [1.82, 2.24) is 9.97 Å². The van der Waals surface area contributed by atoms with Crippen LogP contribution in [0, 0.1) is 10.1 Å². The summed E-state index contributed by atoms with van der Waals surface area (Å²) in [5.74, 6) is -0.634. The van der Waals surface area contributed by atoms with E-state index in [1.807, 2.05) is 4.90 Å². The number of non-ortho nitro benzene ring substituents is 1. The number of H-pyrrole nitrogens is 1. The molecule has 0 atom stereocenters. The fourth-order valence-corrected chi connectivity index (χ4v) is 3.49. The van der Waals surface area contributed by atoms with Crippen LogP contribution in [0.5, 0.6) is 0 Å². The van der Waals surface area contributed by atoms with Gasteiger partial charge in [0.05, 0.1) is 40.3 Å². The zero-order valence-corrected chi connectivity index (χ0v) is 16.9. The average Bonchev–Trinajstić information content (AvgIpc) is 2.77. The van der Waals surface area contributed by atoms with Crippen molar-refractivity contribution in [3.63, 3.8) is 0 Å². The number of nitrogens with one attached hydrogen (secondary N) is 1. The Labute approximate surface area is 180 Å². The summed E-state index contributed by atoms with van der Waals surface area (Å²) in [4.78, 5) is 44.4. The fourth-order valence-electron chi connectivity index (χ4n) is 3.32. The molecule has 0 radical (unpaired) electrons. The quantitative estimate of drug-likeness (QED) is 0.361. The number of benzene rings is 2. The summed E-state index contributed by atoms with van der Waals surface area (Å²) >= 11 is 5.96. The Morgan fingerprint density at radius 3 is 2.77 bits per heavy atom. The molecule has 1 aromatic heterocycles. The number of morpholine rings is 1. The van der Waals surface area contributed by atoms with Crippen LogP contribution in [-0.4, -0.2) is 47.2 Å². The van der Waals surface area contributed by atoms with Crippen molar-refractivity contribution >= 4 is 39.8 Å². The van der Waals surface area contributed by atoms with Crippen LogP contribution < -0.4 is 10.5 Å². The first-order valence-electron chi connectivity index (χ1n) is 9.39. The molecule has 0 aliphatic carbocycles. The molecule has 2 heterocycles. The lowest BCUT2D eigenvalue weighted by molar-refractivity contribution is -0.384. The summed E-state index contributed by atoms with van der Waals surface area (Å²) in [6, 6.07) is 8.72. The molecule has 0 saturated carbocycles. The molecule has 160 valence electrons. The highest BCUT2D eigenvalue weighted by molar-refractivity contribution is 6.31. The molecule has 1 fully saturated rings. The summed E-state index contributed by atoms with van der Waals surface area (Å²) in [5.41, 5.74) is 0.326. The van der Waals surface area contributed by atoms with Gasteiger partial charge in [0.15, 0.2) is 0 Å². The molecule has 1 aliphatic rings. The molecule has 0 spiro atoms. The highest BCUT2D eigenvalue weighted by Crippen LogP contribution is 2.27. The maximum atomic E-state index is 12.8. The van der Waals surface area contributed by atoms with Gasteiger partial charge in [-0.3, -0.25) is 14.9 Å². The van der Waals surface area contributed by atoms with E-state index in [9.17, 15) is 19.7 Å². The predicted octanol–water partition coefficient (Wildman–Crippen LogP) is 2.68. The zero-order valence-electron chi connectivity index (χ0n) is 16.2. The van der Waals surface area contributed by atoms with Gasteiger partial charge in [-0.05, 0) is 24.3 Å². The number of esters is 1. The Balaban J connectivity index is 1.60. The smallest absolute Gasteiger partial charge is 0.340 e. The number of rotatable bonds is 5. The summed E-state index contributed by atoms with van der Waals surface area (Å²) in [6.07, 6.45) is 0. The minimum absolute atomic E-state index is 0.0577. The zero-order chi connectivity index (χ0) is 22.0. The molecule has 11 heteroatoms. The van der Waals surface area contributed by atoms with Gasteiger partial charge >= 0.3 is 5.97 Å². The molecule has 10 nitrogen and oxygen atoms in total. The summed E-state index contributed by atoms with van der Waals surface area (Å²) in [7, 11) is 0. The van der Waals surface area contributed by atoms with Gasteiger partial charge < -0.3 is 19.4 Å². The number of aromatic nitrogens is 2. The van der Waals surface area contributed by atoms with Crippen molar-refractivity contribution in [3.8, 4) is 0 Å². The van der Waals surface area contributed by atoms with Crippen LogP contribution in [0.1, 0.15) is 16.2 Å². The first-order valence-corrected chi connectivity index (χ1v) is 9.77. The second kappa shape index (κ2) is 8.70. The first-order chi connectivity index (χ1) is 14.9. The van der Waals surface area contributed by atoms with Crippen LogP contribution in [0.15, 0.2) is 41.2 Å². The van der Waals surface area contributed by atoms with E-state index in [1.165, 1.54) is 24.3 Å². The van der Waals surface area contributed by atoms with Crippen molar-refractivity contribution in [2.75, 3.05) is 31.2 Å². The van der Waals surface area contributed by atoms with Crippen LogP contribution in [0.2, 0.25) is 5.02 Å². The van der Waals surface area contributed by atoms with Gasteiger partial charge in [0.1, 0.15) is 12.4 Å². The van der Waals surface area contributed by atoms with Gasteiger partial charge in [-0.2, -0.15) is 0 Å². The molecule has 3 aromatic rings. The van der Waals surface area contributed by atoms with Crippen LogP contribution >= 0.6 is 11.6 Å². The summed E-state index contributed by atoms with van der Waals surface area (Å²) in [6.45, 7) is 1.73. The predicted molar refractivity (Wildman–Crippen MR) is 113 cm³/mol. The molecular formula is C20H17ClN4O6. The number of nitrogens with zero attached hydrogens (tertiary/aromatic N) is 3. The van der Waals surface area contributed by atoms with Crippen molar-refractivity contribution in [1.29, 1.82) is 0 Å². The maximum absolute atomic E-state index is 12.8. The number of hydrogen-bond donors (Lipinski definition) is 1. The number of nitro groups is 1. The Hall–Kier alpha value is -3.50. The molecule has 4 rings (SSSR count). The van der Waals surface area contributed by atoms with Crippen LogP contribution in [0.3, 0.4) is 0 Å². The van der Waals surface area contributed by atoms with Crippen LogP contribution in [0.25, 0.3) is 10.9 Å². The molecular weight excluding hydrogens is 428 g/mol. The van der Waals surface area contributed by atoms with Crippen molar-refractivity contribution < 1.29 is 19.2 Å². The lowest BCUT2D eigenvalue weighted by Crippen LogP contribution is -2.37. The monoisotopic (exact) mass is 444 g/mol. The van der Waals surface area contributed by atoms with E-state index in [2.05, 4.69) is 9.97 Å². The Morgan fingerprint density at radius 2 is 2.03 bits per heavy atom. The molecule has 0 bridgehead atoms. The molecule has 0 unspecified atom stereocenters. The second-order valence-electron chi connectivity index (χ2n) is 6.81. The third-order valence-corrected chi connectivity index (χ3v) is 5.06. The molecule has 1 aliphatic heterocycles. The fraction of sp³-hybridized carbons (Fsp3) is 0.250. The molecule has 31 heavy (non-hydrogen) atoms. The van der Waals surface area contributed by atoms with Gasteiger partial charge in [-0.25, -0.2) is 9.78 Å². The number of fused-ring (bicyclic) bond motifs is 1. The second-order valence-corrected chi connectivity index (χ2v) is 7.24. The number of aromatic amines is 1. The minimum Gasteiger partial charge on any atom is -0.454 e. The number of carbonyl (C=O) groups is 1. The Bertz CT molecular complexity index is 1220. The van der Waals surface area contributed by atoms with Crippen molar-refractivity contribution in [2.24, 2.45) is 0 Å². The highest BCUT2D eigenvalue weighted by atomic mass is 35.5. The normalized spacial score (nSPS) is 13.9. The van der Waals surface area contributed by atoms with Gasteiger partial charge in [-0.1, -0.05) is 11.6 Å². The SMILES string of the molecule is O=C(OCc1nc2cc(Cl)ccc2c(=O)[nH]1)c1cc([N+](=O)[O-])ccc1N1CCOCC1. The maximum Gasteiger partial charge on any atom is 0.340 e. The topological polar surface area (TPSA) is 128 Å². The lowest BCUT2D eigenvalue weighted by Gasteiger charge is -2.30. The number of nitro benzene ring substituents is 1. The average molecular weight is 445 g/mol. The van der Waals surface area contributed by atoms with E-state index in [0.717, 1.165) is 0 Å². The van der Waals surface area contributed by atoms with E-state index in [4.69, 9.17) is 21.1 Å². The van der Waals surface area contributed by atoms with Gasteiger partial charge in [0, 0.05) is 30.2 Å². The van der Waals surface area contributed by atoms with E-state index in [0.29, 0.717) is 47.9 Å². The number of carbonyl (C=O) groups excluding carboxylic acids is 1. The summed E-state index contributed by atoms with van der Waals surface area (Å²) < 4.78 is 10.7. The molecule has 2 aromatic carbocycles. The van der Waals surface area contributed by atoms with Gasteiger partial charge in [-0.15, -0.1) is 0 Å². The van der Waals surface area contributed by atoms with Crippen LogP contribution in [-0.2, 0) is 16.1 Å². The first kappa shape index (κ1) is 20.8. The van der Waals surface area contributed by atoms with Crippen molar-refractivity contribution in [2.45, 2.75) is 6.61 Å². The Morgan fingerprint density at radius 1 is 1.26 bits per heavy atom. The molecule has 1 saturated heterocycles. The van der Waals surface area contributed by atoms with E-state index < -0.39 is 16.5 Å². The Kier molecular flexibility index (Phi) is 5.83. The number of halogens is 1. The largest absolute Gasteiger partial charge is 0.454 e. The molecule has 0 amide bonds. The number of ether oxygens (including phenoxy) is 2. The number of anilines is 1. The number of hydrogen-bond acceptors (Lipinski definition) is 8. The van der Waals surface area contributed by atoms with Gasteiger partial charge in [0.25, 0.3) is 11.2 Å². The van der Waals surface area contributed by atoms with E-state index in [1.54, 1.807) is 12.1 Å². The van der Waals surface area contributed by atoms with Gasteiger partial charge in [0.2, 0.25) is 0 Å².